The Balaban J connectivity index is 1.49. The van der Waals surface area contributed by atoms with Crippen LogP contribution in [0.15, 0.2) is 36.7 Å². The number of fused-ring (bicyclic) bond motifs is 1. The lowest BCUT2D eigenvalue weighted by molar-refractivity contribution is 0.0943. The van der Waals surface area contributed by atoms with Gasteiger partial charge in [-0.1, -0.05) is 18.2 Å². The molecular weight excluding hydrogens is 306 g/mol. The summed E-state index contributed by atoms with van der Waals surface area (Å²) in [5.41, 5.74) is 3.38. The molecule has 0 saturated carbocycles. The summed E-state index contributed by atoms with van der Waals surface area (Å²) < 4.78 is 1.85. The number of hydrogen-bond acceptors (Lipinski definition) is 5. The molecule has 0 fully saturated rings. The second-order valence-corrected chi connectivity index (χ2v) is 5.59. The number of carbonyl (C=O) groups is 1. The lowest BCUT2D eigenvalue weighted by Crippen LogP contribution is -2.29. The third kappa shape index (κ3) is 2.67. The third-order valence-electron chi connectivity index (χ3n) is 4.08. The van der Waals surface area contributed by atoms with E-state index in [0.717, 1.165) is 29.9 Å². The zero-order valence-electron chi connectivity index (χ0n) is 13.0. The average molecular weight is 323 g/mol. The lowest BCUT2D eigenvalue weighted by atomic mass is 10.1. The maximum Gasteiger partial charge on any atom is 0.272 e. The molecule has 122 valence electrons. The molecule has 0 spiro atoms. The summed E-state index contributed by atoms with van der Waals surface area (Å²) in [7, 11) is 0. The minimum atomic E-state index is -0.209. The van der Waals surface area contributed by atoms with Crippen molar-refractivity contribution in [2.45, 2.75) is 19.5 Å². The monoisotopic (exact) mass is 323 g/mol. The molecule has 0 unspecified atom stereocenters. The molecule has 3 heterocycles. The molecule has 0 aliphatic carbocycles. The molecule has 1 aliphatic heterocycles. The molecule has 0 atom stereocenters. The van der Waals surface area contributed by atoms with E-state index in [9.17, 15) is 4.79 Å². The number of nitrogens with zero attached hydrogens (tertiary/aromatic N) is 4. The van der Waals surface area contributed by atoms with Crippen molar-refractivity contribution in [2.24, 2.45) is 0 Å². The zero-order chi connectivity index (χ0) is 16.4. The minimum absolute atomic E-state index is 0.209. The summed E-state index contributed by atoms with van der Waals surface area (Å²) in [4.78, 5) is 12.4. The number of rotatable bonds is 4. The fourth-order valence-electron chi connectivity index (χ4n) is 2.84. The number of amides is 1. The molecule has 8 nitrogen and oxygen atoms in total. The highest BCUT2D eigenvalue weighted by Gasteiger charge is 2.21. The number of nitrogens with one attached hydrogen (secondary N) is 3. The summed E-state index contributed by atoms with van der Waals surface area (Å²) in [5.74, 6) is 0.455. The number of benzene rings is 1. The zero-order valence-corrected chi connectivity index (χ0v) is 13.0. The van der Waals surface area contributed by atoms with E-state index in [2.05, 4.69) is 31.0 Å². The SMILES string of the molecule is O=C(NCc1nncn1-c1ccccc1)c1n[nH]c2c1CNCC2. The molecule has 8 heteroatoms. The highest BCUT2D eigenvalue weighted by atomic mass is 16.1. The molecule has 3 aromatic rings. The Kier molecular flexibility index (Phi) is 3.80. The molecular formula is C16H17N7O. The number of H-pyrrole nitrogens is 1. The normalized spacial score (nSPS) is 13.5. The van der Waals surface area contributed by atoms with Gasteiger partial charge in [0, 0.05) is 36.5 Å². The second kappa shape index (κ2) is 6.25. The van der Waals surface area contributed by atoms with Crippen molar-refractivity contribution in [3.63, 3.8) is 0 Å². The molecule has 1 aliphatic rings. The van der Waals surface area contributed by atoms with E-state index >= 15 is 0 Å². The van der Waals surface area contributed by atoms with Gasteiger partial charge >= 0.3 is 0 Å². The highest BCUT2D eigenvalue weighted by Crippen LogP contribution is 2.15. The Morgan fingerprint density at radius 3 is 3.04 bits per heavy atom. The van der Waals surface area contributed by atoms with E-state index in [0.29, 0.717) is 18.1 Å². The summed E-state index contributed by atoms with van der Waals surface area (Å²) in [6.45, 7) is 1.84. The first-order valence-electron chi connectivity index (χ1n) is 7.82. The van der Waals surface area contributed by atoms with Crippen LogP contribution in [0.2, 0.25) is 0 Å². The van der Waals surface area contributed by atoms with E-state index in [-0.39, 0.29) is 12.5 Å². The van der Waals surface area contributed by atoms with Crippen LogP contribution in [0.1, 0.15) is 27.6 Å². The van der Waals surface area contributed by atoms with E-state index in [1.165, 1.54) is 0 Å². The highest BCUT2D eigenvalue weighted by molar-refractivity contribution is 5.93. The van der Waals surface area contributed by atoms with E-state index in [1.54, 1.807) is 6.33 Å². The fourth-order valence-corrected chi connectivity index (χ4v) is 2.84. The number of aromatic amines is 1. The summed E-state index contributed by atoms with van der Waals surface area (Å²) >= 11 is 0. The minimum Gasteiger partial charge on any atom is -0.343 e. The van der Waals surface area contributed by atoms with Crippen molar-refractivity contribution < 1.29 is 4.79 Å². The van der Waals surface area contributed by atoms with Crippen LogP contribution in [0.5, 0.6) is 0 Å². The Hall–Kier alpha value is -3.00. The van der Waals surface area contributed by atoms with Crippen LogP contribution in [0.4, 0.5) is 0 Å². The second-order valence-electron chi connectivity index (χ2n) is 5.59. The summed E-state index contributed by atoms with van der Waals surface area (Å²) in [5, 5.41) is 21.3. The van der Waals surface area contributed by atoms with E-state index in [4.69, 9.17) is 0 Å². The molecule has 1 aromatic carbocycles. The van der Waals surface area contributed by atoms with Gasteiger partial charge in [-0.3, -0.25) is 14.5 Å². The van der Waals surface area contributed by atoms with Gasteiger partial charge in [0.15, 0.2) is 11.5 Å². The van der Waals surface area contributed by atoms with Crippen LogP contribution >= 0.6 is 0 Å². The molecule has 1 amide bonds. The van der Waals surface area contributed by atoms with Crippen LogP contribution in [0.3, 0.4) is 0 Å². The lowest BCUT2D eigenvalue weighted by Gasteiger charge is -2.13. The predicted octanol–water partition coefficient (Wildman–Crippen LogP) is 0.566. The standard InChI is InChI=1S/C16H17N7O/c24-16(15-12-8-17-7-6-13(12)20-22-15)18-9-14-21-19-10-23(14)11-4-2-1-3-5-11/h1-5,10,17H,6-9H2,(H,18,24)(H,20,22). The van der Waals surface area contributed by atoms with Gasteiger partial charge in [-0.15, -0.1) is 10.2 Å². The van der Waals surface area contributed by atoms with Gasteiger partial charge in [0.1, 0.15) is 6.33 Å². The van der Waals surface area contributed by atoms with Gasteiger partial charge in [0.2, 0.25) is 0 Å². The molecule has 3 N–H and O–H groups in total. The maximum absolute atomic E-state index is 12.4. The molecule has 0 saturated heterocycles. The molecule has 2 aromatic heterocycles. The Labute approximate surface area is 138 Å². The van der Waals surface area contributed by atoms with Crippen LogP contribution in [0, 0.1) is 0 Å². The number of hydrogen-bond donors (Lipinski definition) is 3. The molecule has 24 heavy (non-hydrogen) atoms. The third-order valence-corrected chi connectivity index (χ3v) is 4.08. The Bertz CT molecular complexity index is 852. The predicted molar refractivity (Wildman–Crippen MR) is 86.5 cm³/mol. The smallest absolute Gasteiger partial charge is 0.272 e. The van der Waals surface area contributed by atoms with E-state index in [1.807, 2.05) is 34.9 Å². The number of aromatic nitrogens is 5. The van der Waals surface area contributed by atoms with Gasteiger partial charge in [0.25, 0.3) is 5.91 Å². The van der Waals surface area contributed by atoms with Gasteiger partial charge in [-0.25, -0.2) is 0 Å². The van der Waals surface area contributed by atoms with Crippen molar-refractivity contribution in [1.82, 2.24) is 35.6 Å². The van der Waals surface area contributed by atoms with Crippen molar-refractivity contribution in [1.29, 1.82) is 0 Å². The van der Waals surface area contributed by atoms with Crippen molar-refractivity contribution in [2.75, 3.05) is 6.54 Å². The first-order valence-corrected chi connectivity index (χ1v) is 7.82. The van der Waals surface area contributed by atoms with Gasteiger partial charge in [-0.05, 0) is 12.1 Å². The number of para-hydroxylation sites is 1. The van der Waals surface area contributed by atoms with Crippen molar-refractivity contribution in [3.05, 3.63) is 59.4 Å². The quantitative estimate of drug-likeness (QED) is 0.651. The van der Waals surface area contributed by atoms with Crippen molar-refractivity contribution in [3.8, 4) is 5.69 Å². The topological polar surface area (TPSA) is 101 Å². The van der Waals surface area contributed by atoms with E-state index < -0.39 is 0 Å². The maximum atomic E-state index is 12.4. The Morgan fingerprint density at radius 2 is 2.17 bits per heavy atom. The van der Waals surface area contributed by atoms with Gasteiger partial charge in [0.05, 0.1) is 6.54 Å². The van der Waals surface area contributed by atoms with Crippen LogP contribution in [-0.4, -0.2) is 37.4 Å². The van der Waals surface area contributed by atoms with Crippen LogP contribution in [0.25, 0.3) is 5.69 Å². The fraction of sp³-hybridized carbons (Fsp3) is 0.250. The molecule has 4 rings (SSSR count). The van der Waals surface area contributed by atoms with Gasteiger partial charge in [-0.2, -0.15) is 5.10 Å². The van der Waals surface area contributed by atoms with Crippen LogP contribution < -0.4 is 10.6 Å². The Morgan fingerprint density at radius 1 is 1.29 bits per heavy atom. The molecule has 0 bridgehead atoms. The van der Waals surface area contributed by atoms with Crippen molar-refractivity contribution >= 4 is 5.91 Å². The summed E-state index contributed by atoms with van der Waals surface area (Å²) in [6, 6.07) is 9.76. The first-order chi connectivity index (χ1) is 11.8. The average Bonchev–Trinajstić information content (AvgIpc) is 3.27. The molecule has 0 radical (unpaired) electrons. The van der Waals surface area contributed by atoms with Crippen LogP contribution in [-0.2, 0) is 19.5 Å². The van der Waals surface area contributed by atoms with Gasteiger partial charge < -0.3 is 10.6 Å². The largest absolute Gasteiger partial charge is 0.343 e. The summed E-state index contributed by atoms with van der Waals surface area (Å²) in [6.07, 6.45) is 2.50. The first kappa shape index (κ1) is 14.6. The number of carbonyl (C=O) groups excluding carboxylic acids is 1.